The Morgan fingerprint density at radius 2 is 1.69 bits per heavy atom. The molecule has 1 N–H and O–H groups in total. The maximum atomic E-state index is 14.0. The molecule has 1 atom stereocenters. The maximum absolute atomic E-state index is 14.0. The second-order valence-corrected chi connectivity index (χ2v) is 12.7. The Morgan fingerprint density at radius 3 is 2.33 bits per heavy atom. The maximum Gasteiger partial charge on any atom is 0.271 e. The van der Waals surface area contributed by atoms with Gasteiger partial charge in [0.1, 0.15) is 12.6 Å². The molecule has 3 aromatic carbocycles. The van der Waals surface area contributed by atoms with Crippen molar-refractivity contribution < 1.29 is 22.9 Å². The molecule has 1 saturated carbocycles. The summed E-state index contributed by atoms with van der Waals surface area (Å²) in [6.45, 7) is 0.785. The predicted octanol–water partition coefficient (Wildman–Crippen LogP) is 5.57. The van der Waals surface area contributed by atoms with Crippen LogP contribution >= 0.6 is 23.2 Å². The molecular formula is C29H30Cl2N4O6S. The molecule has 0 aromatic heterocycles. The van der Waals surface area contributed by atoms with Crippen molar-refractivity contribution in [1.82, 2.24) is 10.2 Å². The standard InChI is InChI=1S/C29H30Cl2N4O6S/c1-20(29(37)32-22-8-5-6-9-22)33(18-21-14-15-26(30)27(31)16-21)28(36)19-34(23-10-7-11-24(17-23)35(38)39)42(40,41)25-12-3-2-4-13-25/h2-4,7,10-17,20,22H,5-6,8-9,18-19H2,1H3,(H,32,37)/t20-/m0/s1. The van der Waals surface area contributed by atoms with Gasteiger partial charge in [0.2, 0.25) is 11.8 Å². The Balaban J connectivity index is 1.72. The van der Waals surface area contributed by atoms with Gasteiger partial charge in [-0.1, -0.05) is 66.4 Å². The van der Waals surface area contributed by atoms with Crippen LogP contribution in [0.2, 0.25) is 10.0 Å². The minimum absolute atomic E-state index is 0.00158. The smallest absolute Gasteiger partial charge is 0.271 e. The molecule has 0 aliphatic heterocycles. The molecule has 13 heteroatoms. The van der Waals surface area contributed by atoms with E-state index in [1.165, 1.54) is 47.4 Å². The first kappa shape index (κ1) is 31.3. The number of nitro groups is 1. The van der Waals surface area contributed by atoms with Gasteiger partial charge in [-0.2, -0.15) is 0 Å². The Hall–Kier alpha value is -3.67. The highest BCUT2D eigenvalue weighted by molar-refractivity contribution is 7.92. The first-order valence-corrected chi connectivity index (χ1v) is 15.5. The Bertz CT molecular complexity index is 1570. The number of halogens is 2. The number of nitrogens with zero attached hydrogens (tertiary/aromatic N) is 3. The Labute approximate surface area is 254 Å². The fraction of sp³-hybridized carbons (Fsp3) is 0.310. The van der Waals surface area contributed by atoms with Crippen LogP contribution in [0.15, 0.2) is 77.7 Å². The van der Waals surface area contributed by atoms with E-state index in [4.69, 9.17) is 23.2 Å². The largest absolute Gasteiger partial charge is 0.352 e. The van der Waals surface area contributed by atoms with E-state index in [0.717, 1.165) is 36.1 Å². The lowest BCUT2D eigenvalue weighted by molar-refractivity contribution is -0.384. The van der Waals surface area contributed by atoms with E-state index in [2.05, 4.69) is 5.32 Å². The van der Waals surface area contributed by atoms with Gasteiger partial charge in [-0.15, -0.1) is 0 Å². The number of rotatable bonds is 11. The second kappa shape index (κ2) is 13.5. The topological polar surface area (TPSA) is 130 Å². The van der Waals surface area contributed by atoms with Crippen molar-refractivity contribution in [2.24, 2.45) is 0 Å². The van der Waals surface area contributed by atoms with E-state index in [1.807, 2.05) is 0 Å². The zero-order chi connectivity index (χ0) is 30.4. The summed E-state index contributed by atoms with van der Waals surface area (Å²) >= 11 is 12.3. The third kappa shape index (κ3) is 7.39. The summed E-state index contributed by atoms with van der Waals surface area (Å²) in [5.41, 5.74) is 0.162. The van der Waals surface area contributed by atoms with Crippen LogP contribution in [0, 0.1) is 10.1 Å². The summed E-state index contributed by atoms with van der Waals surface area (Å²) in [7, 11) is -4.35. The van der Waals surface area contributed by atoms with Gasteiger partial charge in [-0.05, 0) is 55.7 Å². The molecule has 42 heavy (non-hydrogen) atoms. The number of nitrogens with one attached hydrogen (secondary N) is 1. The molecule has 1 fully saturated rings. The lowest BCUT2D eigenvalue weighted by atomic mass is 10.1. The number of anilines is 1. The van der Waals surface area contributed by atoms with Gasteiger partial charge in [-0.25, -0.2) is 8.42 Å². The van der Waals surface area contributed by atoms with Crippen LogP contribution in [0.5, 0.6) is 0 Å². The average Bonchev–Trinajstić information content (AvgIpc) is 3.49. The summed E-state index contributed by atoms with van der Waals surface area (Å²) < 4.78 is 28.5. The van der Waals surface area contributed by atoms with Crippen molar-refractivity contribution in [3.63, 3.8) is 0 Å². The fourth-order valence-electron chi connectivity index (χ4n) is 4.82. The monoisotopic (exact) mass is 632 g/mol. The third-order valence-electron chi connectivity index (χ3n) is 7.14. The van der Waals surface area contributed by atoms with Crippen LogP contribution in [-0.2, 0) is 26.2 Å². The van der Waals surface area contributed by atoms with E-state index in [-0.39, 0.29) is 39.8 Å². The van der Waals surface area contributed by atoms with Gasteiger partial charge in [0.05, 0.1) is 25.6 Å². The normalized spacial score (nSPS) is 14.3. The summed E-state index contributed by atoms with van der Waals surface area (Å²) in [6.07, 6.45) is 3.69. The van der Waals surface area contributed by atoms with Crippen molar-refractivity contribution in [1.29, 1.82) is 0 Å². The summed E-state index contributed by atoms with van der Waals surface area (Å²) in [5, 5.41) is 15.1. The third-order valence-corrected chi connectivity index (χ3v) is 9.67. The van der Waals surface area contributed by atoms with Crippen LogP contribution in [0.4, 0.5) is 11.4 Å². The number of carbonyl (C=O) groups is 2. The van der Waals surface area contributed by atoms with Crippen LogP contribution in [0.25, 0.3) is 0 Å². The summed E-state index contributed by atoms with van der Waals surface area (Å²) in [4.78, 5) is 39.3. The van der Waals surface area contributed by atoms with Crippen molar-refractivity contribution in [2.75, 3.05) is 10.8 Å². The molecule has 0 spiro atoms. The molecule has 222 valence electrons. The number of benzene rings is 3. The second-order valence-electron chi connectivity index (χ2n) is 10.0. The van der Waals surface area contributed by atoms with Gasteiger partial charge in [-0.3, -0.25) is 24.0 Å². The molecule has 3 aromatic rings. The van der Waals surface area contributed by atoms with Gasteiger partial charge in [0.25, 0.3) is 15.7 Å². The van der Waals surface area contributed by atoms with E-state index in [0.29, 0.717) is 10.6 Å². The van der Waals surface area contributed by atoms with Crippen LogP contribution < -0.4 is 9.62 Å². The number of non-ortho nitro benzene ring substituents is 1. The van der Waals surface area contributed by atoms with Crippen molar-refractivity contribution >= 4 is 56.4 Å². The molecule has 10 nitrogen and oxygen atoms in total. The SMILES string of the molecule is C[C@@H](C(=O)NC1CCCC1)N(Cc1ccc(Cl)c(Cl)c1)C(=O)CN(c1cccc([N+](=O)[O-])c1)S(=O)(=O)c1ccccc1. The first-order valence-electron chi connectivity index (χ1n) is 13.3. The Kier molecular flexibility index (Phi) is 10.1. The van der Waals surface area contributed by atoms with E-state index in [9.17, 15) is 28.1 Å². The van der Waals surface area contributed by atoms with Crippen LogP contribution in [0.1, 0.15) is 38.2 Å². The predicted molar refractivity (Wildman–Crippen MR) is 161 cm³/mol. The highest BCUT2D eigenvalue weighted by Crippen LogP contribution is 2.28. The van der Waals surface area contributed by atoms with Gasteiger partial charge < -0.3 is 10.2 Å². The molecule has 0 bridgehead atoms. The van der Waals surface area contributed by atoms with Gasteiger partial charge in [0, 0.05) is 24.7 Å². The van der Waals surface area contributed by atoms with Crippen LogP contribution in [-0.4, -0.2) is 48.7 Å². The molecule has 1 aliphatic carbocycles. The van der Waals surface area contributed by atoms with E-state index < -0.39 is 33.4 Å². The number of carbonyl (C=O) groups excluding carboxylic acids is 2. The van der Waals surface area contributed by atoms with Crippen molar-refractivity contribution in [2.45, 2.75) is 56.1 Å². The number of hydrogen-bond donors (Lipinski definition) is 1. The minimum atomic E-state index is -4.35. The lowest BCUT2D eigenvalue weighted by Crippen LogP contribution is -2.52. The van der Waals surface area contributed by atoms with Gasteiger partial charge >= 0.3 is 0 Å². The first-order chi connectivity index (χ1) is 20.0. The number of nitro benzene ring substituents is 1. The van der Waals surface area contributed by atoms with E-state index in [1.54, 1.807) is 31.2 Å². The average molecular weight is 634 g/mol. The molecular weight excluding hydrogens is 603 g/mol. The highest BCUT2D eigenvalue weighted by Gasteiger charge is 2.34. The summed E-state index contributed by atoms with van der Waals surface area (Å²) in [6, 6.07) is 16.3. The van der Waals surface area contributed by atoms with Gasteiger partial charge in [0.15, 0.2) is 0 Å². The number of sulfonamides is 1. The van der Waals surface area contributed by atoms with Crippen molar-refractivity contribution in [3.05, 3.63) is 98.5 Å². The van der Waals surface area contributed by atoms with Crippen LogP contribution in [0.3, 0.4) is 0 Å². The number of hydrogen-bond acceptors (Lipinski definition) is 6. The zero-order valence-electron chi connectivity index (χ0n) is 22.8. The van der Waals surface area contributed by atoms with Crippen molar-refractivity contribution in [3.8, 4) is 0 Å². The molecule has 0 saturated heterocycles. The molecule has 0 radical (unpaired) electrons. The molecule has 2 amide bonds. The fourth-order valence-corrected chi connectivity index (χ4v) is 6.57. The molecule has 4 rings (SSSR count). The van der Waals surface area contributed by atoms with E-state index >= 15 is 0 Å². The zero-order valence-corrected chi connectivity index (χ0v) is 25.1. The quantitative estimate of drug-likeness (QED) is 0.217. The lowest BCUT2D eigenvalue weighted by Gasteiger charge is -2.32. The minimum Gasteiger partial charge on any atom is -0.352 e. The Morgan fingerprint density at radius 1 is 1.00 bits per heavy atom. The molecule has 1 aliphatic rings. The molecule has 0 heterocycles. The highest BCUT2D eigenvalue weighted by atomic mass is 35.5. The molecule has 0 unspecified atom stereocenters. The number of amides is 2. The summed E-state index contributed by atoms with van der Waals surface area (Å²) in [5.74, 6) is -1.07.